The summed E-state index contributed by atoms with van der Waals surface area (Å²) in [6.07, 6.45) is 1.72. The van der Waals surface area contributed by atoms with E-state index in [2.05, 4.69) is 4.98 Å². The maximum Gasteiger partial charge on any atom is 0.494 e. The van der Waals surface area contributed by atoms with Crippen molar-refractivity contribution in [2.24, 2.45) is 0 Å². The second kappa shape index (κ2) is 5.03. The fraction of sp³-hybridized carbons (Fsp3) is 0.500. The molecule has 1 aliphatic heterocycles. The molecular formula is C18H24BNO3. The van der Waals surface area contributed by atoms with Gasteiger partial charge in [-0.3, -0.25) is 4.98 Å². The Hall–Kier alpha value is -1.43. The van der Waals surface area contributed by atoms with E-state index in [0.717, 1.165) is 21.9 Å². The van der Waals surface area contributed by atoms with Crippen molar-refractivity contribution in [1.82, 2.24) is 4.98 Å². The minimum absolute atomic E-state index is 0.361. The average molecular weight is 313 g/mol. The Balaban J connectivity index is 2.00. The van der Waals surface area contributed by atoms with Crippen LogP contribution in [0.1, 0.15) is 47.1 Å². The lowest BCUT2D eigenvalue weighted by Gasteiger charge is -2.32. The minimum Gasteiger partial charge on any atom is -0.399 e. The molecule has 2 heterocycles. The minimum atomic E-state index is -0.915. The van der Waals surface area contributed by atoms with Crippen molar-refractivity contribution in [2.75, 3.05) is 0 Å². The summed E-state index contributed by atoms with van der Waals surface area (Å²) < 4.78 is 12.2. The van der Waals surface area contributed by atoms with Crippen LogP contribution in [-0.4, -0.2) is 28.4 Å². The Morgan fingerprint density at radius 3 is 2.22 bits per heavy atom. The maximum absolute atomic E-state index is 10.2. The summed E-state index contributed by atoms with van der Waals surface area (Å²) in [6.45, 7) is 11.7. The Morgan fingerprint density at radius 1 is 1.04 bits per heavy atom. The molecular weight excluding hydrogens is 289 g/mol. The average Bonchev–Trinajstić information content (AvgIpc) is 2.65. The van der Waals surface area contributed by atoms with E-state index < -0.39 is 12.7 Å². The molecule has 1 aromatic carbocycles. The van der Waals surface area contributed by atoms with E-state index in [1.807, 2.05) is 52.0 Å². The summed E-state index contributed by atoms with van der Waals surface area (Å²) in [5, 5.41) is 11.1. The van der Waals surface area contributed by atoms with Gasteiger partial charge in [-0.2, -0.15) is 0 Å². The second-order valence-electron chi connectivity index (χ2n) is 7.82. The van der Waals surface area contributed by atoms with Crippen molar-refractivity contribution >= 4 is 23.5 Å². The van der Waals surface area contributed by atoms with Crippen LogP contribution in [0.2, 0.25) is 0 Å². The Labute approximate surface area is 138 Å². The van der Waals surface area contributed by atoms with Crippen molar-refractivity contribution in [3.63, 3.8) is 0 Å². The number of aromatic nitrogens is 1. The highest BCUT2D eigenvalue weighted by Gasteiger charge is 2.51. The molecule has 0 amide bonds. The molecule has 1 fully saturated rings. The summed E-state index contributed by atoms with van der Waals surface area (Å²) in [7, 11) is -0.393. The van der Waals surface area contributed by atoms with Crippen LogP contribution in [0.4, 0.5) is 0 Å². The molecule has 122 valence electrons. The molecule has 23 heavy (non-hydrogen) atoms. The van der Waals surface area contributed by atoms with Crippen LogP contribution in [0.3, 0.4) is 0 Å². The monoisotopic (exact) mass is 313 g/mol. The second-order valence-corrected chi connectivity index (χ2v) is 7.82. The van der Waals surface area contributed by atoms with Crippen molar-refractivity contribution in [3.8, 4) is 0 Å². The van der Waals surface area contributed by atoms with E-state index >= 15 is 0 Å². The fourth-order valence-electron chi connectivity index (χ4n) is 2.61. The zero-order valence-corrected chi connectivity index (χ0v) is 14.7. The number of benzene rings is 1. The van der Waals surface area contributed by atoms with Crippen molar-refractivity contribution < 1.29 is 14.4 Å². The normalized spacial score (nSPS) is 20.2. The predicted molar refractivity (Wildman–Crippen MR) is 92.7 cm³/mol. The lowest BCUT2D eigenvalue weighted by atomic mass is 9.78. The number of hydrogen-bond donors (Lipinski definition) is 1. The van der Waals surface area contributed by atoms with Crippen LogP contribution in [-0.2, 0) is 14.9 Å². The molecule has 0 aliphatic carbocycles. The molecule has 0 spiro atoms. The van der Waals surface area contributed by atoms with Gasteiger partial charge in [0.2, 0.25) is 0 Å². The molecule has 4 nitrogen and oxygen atoms in total. The quantitative estimate of drug-likeness (QED) is 0.866. The molecule has 1 aromatic heterocycles. The number of nitrogens with zero attached hydrogens (tertiary/aromatic N) is 1. The highest BCUT2D eigenvalue weighted by molar-refractivity contribution is 6.62. The van der Waals surface area contributed by atoms with Crippen LogP contribution in [0.25, 0.3) is 10.9 Å². The van der Waals surface area contributed by atoms with Gasteiger partial charge in [0.1, 0.15) is 0 Å². The first-order valence-electron chi connectivity index (χ1n) is 7.98. The van der Waals surface area contributed by atoms with E-state index in [9.17, 15) is 5.11 Å². The maximum atomic E-state index is 10.2. The first kappa shape index (κ1) is 16.4. The third kappa shape index (κ3) is 2.89. The number of rotatable bonds is 2. The first-order valence-corrected chi connectivity index (χ1v) is 7.98. The summed E-state index contributed by atoms with van der Waals surface area (Å²) in [5.74, 6) is 0. The van der Waals surface area contributed by atoms with Crippen LogP contribution in [0.5, 0.6) is 0 Å². The number of pyridine rings is 1. The van der Waals surface area contributed by atoms with Gasteiger partial charge in [0.15, 0.2) is 0 Å². The van der Waals surface area contributed by atoms with Crippen LogP contribution < -0.4 is 5.46 Å². The third-order valence-electron chi connectivity index (χ3n) is 4.94. The molecule has 5 heteroatoms. The van der Waals surface area contributed by atoms with E-state index in [1.54, 1.807) is 20.0 Å². The van der Waals surface area contributed by atoms with Crippen molar-refractivity contribution in [2.45, 2.75) is 58.3 Å². The number of hydrogen-bond acceptors (Lipinski definition) is 4. The van der Waals surface area contributed by atoms with Crippen molar-refractivity contribution in [3.05, 3.63) is 36.0 Å². The Bertz CT molecular complexity index is 734. The van der Waals surface area contributed by atoms with E-state index in [1.165, 1.54) is 0 Å². The molecule has 0 unspecified atom stereocenters. The SMILES string of the molecule is CC(C)(O)c1cnc2ccc(B3OC(C)(C)C(C)(C)O3)cc2c1. The summed E-state index contributed by atoms with van der Waals surface area (Å²) in [6, 6.07) is 7.95. The van der Waals surface area contributed by atoms with Gasteiger partial charge in [-0.1, -0.05) is 12.1 Å². The molecule has 0 radical (unpaired) electrons. The van der Waals surface area contributed by atoms with Gasteiger partial charge in [-0.05, 0) is 59.1 Å². The van der Waals surface area contributed by atoms with E-state index in [0.29, 0.717) is 0 Å². The molecule has 1 N–H and O–H groups in total. The van der Waals surface area contributed by atoms with Gasteiger partial charge in [0.05, 0.1) is 22.3 Å². The molecule has 1 aliphatic rings. The molecule has 0 bridgehead atoms. The summed E-state index contributed by atoms with van der Waals surface area (Å²) >= 11 is 0. The van der Waals surface area contributed by atoms with Crippen LogP contribution in [0.15, 0.2) is 30.5 Å². The summed E-state index contributed by atoms with van der Waals surface area (Å²) in [4.78, 5) is 4.43. The van der Waals surface area contributed by atoms with Gasteiger partial charge in [0.25, 0.3) is 0 Å². The fourth-order valence-corrected chi connectivity index (χ4v) is 2.61. The molecule has 3 rings (SSSR count). The summed E-state index contributed by atoms with van der Waals surface area (Å²) in [5.41, 5.74) is 1.00. The van der Waals surface area contributed by atoms with Crippen LogP contribution >= 0.6 is 0 Å². The highest BCUT2D eigenvalue weighted by atomic mass is 16.7. The Morgan fingerprint density at radius 2 is 1.65 bits per heavy atom. The topological polar surface area (TPSA) is 51.6 Å². The molecule has 1 saturated heterocycles. The van der Waals surface area contributed by atoms with Gasteiger partial charge in [-0.25, -0.2) is 0 Å². The van der Waals surface area contributed by atoms with Gasteiger partial charge >= 0.3 is 7.12 Å². The zero-order valence-electron chi connectivity index (χ0n) is 14.7. The lowest BCUT2D eigenvalue weighted by molar-refractivity contribution is 0.00578. The standard InChI is InChI=1S/C18H24BNO3/c1-16(2,21)13-9-12-10-14(7-8-15(12)20-11-13)19-22-17(3,4)18(5,6)23-19/h7-11,21H,1-6H3. The van der Waals surface area contributed by atoms with E-state index in [4.69, 9.17) is 9.31 Å². The molecule has 0 saturated carbocycles. The Kier molecular flexibility index (Phi) is 3.60. The largest absolute Gasteiger partial charge is 0.494 e. The molecule has 2 aromatic rings. The zero-order chi connectivity index (χ0) is 17.0. The third-order valence-corrected chi connectivity index (χ3v) is 4.94. The van der Waals surface area contributed by atoms with Crippen molar-refractivity contribution in [1.29, 1.82) is 0 Å². The molecule has 0 atom stereocenters. The predicted octanol–water partition coefficient (Wildman–Crippen LogP) is 2.76. The highest BCUT2D eigenvalue weighted by Crippen LogP contribution is 2.36. The van der Waals surface area contributed by atoms with Gasteiger partial charge in [-0.15, -0.1) is 0 Å². The number of fused-ring (bicyclic) bond motifs is 1. The first-order chi connectivity index (χ1) is 10.5. The lowest BCUT2D eigenvalue weighted by Crippen LogP contribution is -2.41. The van der Waals surface area contributed by atoms with Gasteiger partial charge < -0.3 is 14.4 Å². The van der Waals surface area contributed by atoms with Gasteiger partial charge in [0, 0.05) is 17.1 Å². The van der Waals surface area contributed by atoms with E-state index in [-0.39, 0.29) is 11.2 Å². The number of aliphatic hydroxyl groups is 1. The smallest absolute Gasteiger partial charge is 0.399 e. The van der Waals surface area contributed by atoms with Crippen LogP contribution in [0, 0.1) is 0 Å².